The first-order valence-electron chi connectivity index (χ1n) is 8.62. The molecule has 1 aliphatic heterocycles. The summed E-state index contributed by atoms with van der Waals surface area (Å²) in [7, 11) is 0. The third-order valence-electron chi connectivity index (χ3n) is 4.87. The largest absolute Gasteiger partial charge is 0.493 e. The summed E-state index contributed by atoms with van der Waals surface area (Å²) in [5, 5.41) is 7.96. The molecule has 0 aliphatic carbocycles. The second-order valence-corrected chi connectivity index (χ2v) is 7.07. The molecule has 0 bridgehead atoms. The predicted octanol–water partition coefficient (Wildman–Crippen LogP) is 3.69. The Bertz CT molecular complexity index is 1200. The maximum Gasteiger partial charge on any atom is 0.258 e. The highest BCUT2D eigenvalue weighted by Crippen LogP contribution is 2.33. The summed E-state index contributed by atoms with van der Waals surface area (Å²) >= 11 is 6.10. The van der Waals surface area contributed by atoms with Crippen molar-refractivity contribution >= 4 is 22.5 Å². The first kappa shape index (κ1) is 16.1. The zero-order valence-corrected chi connectivity index (χ0v) is 15.0. The number of halogens is 1. The third kappa shape index (κ3) is 2.88. The van der Waals surface area contributed by atoms with E-state index in [9.17, 15) is 4.79 Å². The van der Waals surface area contributed by atoms with Crippen LogP contribution < -0.4 is 10.3 Å². The van der Waals surface area contributed by atoms with Gasteiger partial charge in [-0.2, -0.15) is 5.10 Å². The van der Waals surface area contributed by atoms with Crippen LogP contribution in [-0.2, 0) is 6.42 Å². The molecule has 0 radical (unpaired) electrons. The molecule has 2 aromatic heterocycles. The smallest absolute Gasteiger partial charge is 0.258 e. The van der Waals surface area contributed by atoms with Gasteiger partial charge < -0.3 is 9.72 Å². The van der Waals surface area contributed by atoms with E-state index in [4.69, 9.17) is 16.3 Å². The minimum atomic E-state index is -0.155. The van der Waals surface area contributed by atoms with Crippen molar-refractivity contribution in [1.29, 1.82) is 0 Å². The van der Waals surface area contributed by atoms with Gasteiger partial charge in [-0.3, -0.25) is 9.89 Å². The lowest BCUT2D eigenvalue weighted by Crippen LogP contribution is -2.24. The Balaban J connectivity index is 1.53. The lowest BCUT2D eigenvalue weighted by Gasteiger charge is -2.24. The highest BCUT2D eigenvalue weighted by atomic mass is 35.5. The number of nitrogens with one attached hydrogen (secondary N) is 2. The molecule has 3 heterocycles. The number of aromatic nitrogens is 4. The SMILES string of the molecule is O=c1[nH]c(C2COc3ccc(Cl)cc3C2)nc2ccc(-c3cn[nH]c3)cc12. The van der Waals surface area contributed by atoms with Crippen LogP contribution in [0.1, 0.15) is 17.3 Å². The monoisotopic (exact) mass is 378 g/mol. The van der Waals surface area contributed by atoms with E-state index in [1.165, 1.54) is 0 Å². The van der Waals surface area contributed by atoms with Crippen molar-refractivity contribution in [2.24, 2.45) is 0 Å². The Kier molecular flexibility index (Phi) is 3.72. The zero-order chi connectivity index (χ0) is 18.4. The van der Waals surface area contributed by atoms with Crippen LogP contribution in [0, 0.1) is 0 Å². The standard InChI is InChI=1S/C20H15ClN4O2/c21-15-2-4-18-12(6-15)5-13(10-27-18)19-24-17-3-1-11(14-8-22-23-9-14)7-16(17)20(26)25-19/h1-4,6-9,13H,5,10H2,(H,22,23)(H,24,25,26). The van der Waals surface area contributed by atoms with E-state index >= 15 is 0 Å². The fourth-order valence-corrected chi connectivity index (χ4v) is 3.67. The number of ether oxygens (including phenoxy) is 1. The molecule has 0 spiro atoms. The normalized spacial score (nSPS) is 16.1. The lowest BCUT2D eigenvalue weighted by atomic mass is 9.96. The van der Waals surface area contributed by atoms with E-state index < -0.39 is 0 Å². The molecule has 134 valence electrons. The Hall–Kier alpha value is -3.12. The van der Waals surface area contributed by atoms with Gasteiger partial charge in [0.15, 0.2) is 0 Å². The molecule has 6 nitrogen and oxygen atoms in total. The highest BCUT2D eigenvalue weighted by molar-refractivity contribution is 6.30. The van der Waals surface area contributed by atoms with Crippen molar-refractivity contribution in [1.82, 2.24) is 20.2 Å². The fraction of sp³-hybridized carbons (Fsp3) is 0.150. The van der Waals surface area contributed by atoms with Crippen LogP contribution in [0.4, 0.5) is 0 Å². The molecule has 2 N–H and O–H groups in total. The zero-order valence-electron chi connectivity index (χ0n) is 14.2. The van der Waals surface area contributed by atoms with E-state index in [-0.39, 0.29) is 11.5 Å². The van der Waals surface area contributed by atoms with Gasteiger partial charge in [0.2, 0.25) is 0 Å². The molecule has 27 heavy (non-hydrogen) atoms. The number of H-pyrrole nitrogens is 2. The molecule has 0 saturated carbocycles. The number of benzene rings is 2. The Labute approximate surface area is 159 Å². The van der Waals surface area contributed by atoms with Crippen LogP contribution in [0.3, 0.4) is 0 Å². The van der Waals surface area contributed by atoms with Gasteiger partial charge in [0.25, 0.3) is 5.56 Å². The number of nitrogens with zero attached hydrogens (tertiary/aromatic N) is 2. The van der Waals surface area contributed by atoms with Crippen molar-refractivity contribution in [2.75, 3.05) is 6.61 Å². The number of fused-ring (bicyclic) bond motifs is 2. The fourth-order valence-electron chi connectivity index (χ4n) is 3.48. The van der Waals surface area contributed by atoms with Crippen molar-refractivity contribution in [3.63, 3.8) is 0 Å². The minimum Gasteiger partial charge on any atom is -0.493 e. The topological polar surface area (TPSA) is 83.7 Å². The van der Waals surface area contributed by atoms with Gasteiger partial charge in [0, 0.05) is 16.8 Å². The number of hydrogen-bond donors (Lipinski definition) is 2. The van der Waals surface area contributed by atoms with Gasteiger partial charge >= 0.3 is 0 Å². The average molecular weight is 379 g/mol. The maximum atomic E-state index is 12.7. The molecular formula is C20H15ClN4O2. The third-order valence-corrected chi connectivity index (χ3v) is 5.11. The second-order valence-electron chi connectivity index (χ2n) is 6.63. The first-order chi connectivity index (χ1) is 13.2. The molecule has 0 fully saturated rings. The van der Waals surface area contributed by atoms with E-state index in [1.54, 1.807) is 12.4 Å². The van der Waals surface area contributed by atoms with Gasteiger partial charge in [0.05, 0.1) is 29.6 Å². The van der Waals surface area contributed by atoms with Crippen LogP contribution in [-0.4, -0.2) is 26.8 Å². The first-order valence-corrected chi connectivity index (χ1v) is 8.99. The van der Waals surface area contributed by atoms with Gasteiger partial charge in [0.1, 0.15) is 11.6 Å². The molecule has 5 rings (SSSR count). The van der Waals surface area contributed by atoms with Crippen molar-refractivity contribution in [3.05, 3.63) is 75.6 Å². The van der Waals surface area contributed by atoms with E-state index in [1.807, 2.05) is 36.4 Å². The molecular weight excluding hydrogens is 364 g/mol. The average Bonchev–Trinajstić information content (AvgIpc) is 3.22. The van der Waals surface area contributed by atoms with Crippen molar-refractivity contribution < 1.29 is 4.74 Å². The predicted molar refractivity (Wildman–Crippen MR) is 103 cm³/mol. The molecule has 4 aromatic rings. The lowest BCUT2D eigenvalue weighted by molar-refractivity contribution is 0.258. The van der Waals surface area contributed by atoms with Gasteiger partial charge in [-0.1, -0.05) is 17.7 Å². The number of rotatable bonds is 2. The summed E-state index contributed by atoms with van der Waals surface area (Å²) in [5.74, 6) is 1.44. The summed E-state index contributed by atoms with van der Waals surface area (Å²) in [6.45, 7) is 0.468. The Morgan fingerprint density at radius 1 is 1.15 bits per heavy atom. The number of hydrogen-bond acceptors (Lipinski definition) is 4. The van der Waals surface area contributed by atoms with Crippen LogP contribution >= 0.6 is 11.6 Å². The Morgan fingerprint density at radius 3 is 2.93 bits per heavy atom. The summed E-state index contributed by atoms with van der Waals surface area (Å²) in [5.41, 5.74) is 3.38. The Morgan fingerprint density at radius 2 is 2.07 bits per heavy atom. The van der Waals surface area contributed by atoms with Crippen LogP contribution in [0.15, 0.2) is 53.6 Å². The summed E-state index contributed by atoms with van der Waals surface area (Å²) < 4.78 is 5.83. The highest BCUT2D eigenvalue weighted by Gasteiger charge is 2.24. The van der Waals surface area contributed by atoms with Gasteiger partial charge in [-0.05, 0) is 47.9 Å². The summed E-state index contributed by atoms with van der Waals surface area (Å²) in [6.07, 6.45) is 4.23. The quantitative estimate of drug-likeness (QED) is 0.557. The van der Waals surface area contributed by atoms with Crippen LogP contribution in [0.2, 0.25) is 5.02 Å². The maximum absolute atomic E-state index is 12.7. The summed E-state index contributed by atoms with van der Waals surface area (Å²) in [6, 6.07) is 11.2. The van der Waals surface area contributed by atoms with Crippen LogP contribution in [0.5, 0.6) is 5.75 Å². The van der Waals surface area contributed by atoms with Crippen LogP contribution in [0.25, 0.3) is 22.0 Å². The molecule has 1 unspecified atom stereocenters. The number of aromatic amines is 2. The molecule has 1 atom stereocenters. The van der Waals surface area contributed by atoms with E-state index in [0.717, 1.165) is 28.9 Å². The summed E-state index contributed by atoms with van der Waals surface area (Å²) in [4.78, 5) is 20.3. The molecule has 7 heteroatoms. The molecule has 0 saturated heterocycles. The molecule has 0 amide bonds. The van der Waals surface area contributed by atoms with Crippen molar-refractivity contribution in [3.8, 4) is 16.9 Å². The second kappa shape index (κ2) is 6.25. The van der Waals surface area contributed by atoms with Gasteiger partial charge in [-0.25, -0.2) is 4.98 Å². The molecule has 2 aromatic carbocycles. The van der Waals surface area contributed by atoms with E-state index in [2.05, 4.69) is 20.2 Å². The van der Waals surface area contributed by atoms with E-state index in [0.29, 0.717) is 28.4 Å². The minimum absolute atomic E-state index is 0.0263. The molecule has 1 aliphatic rings. The van der Waals surface area contributed by atoms with Crippen molar-refractivity contribution in [2.45, 2.75) is 12.3 Å². The van der Waals surface area contributed by atoms with Gasteiger partial charge in [-0.15, -0.1) is 0 Å².